The molecule has 0 unspecified atom stereocenters. The minimum absolute atomic E-state index is 0. The maximum absolute atomic E-state index is 10.4. The van der Waals surface area contributed by atoms with Gasteiger partial charge in [-0.05, 0) is 18.2 Å². The molecule has 5 heteroatoms. The standard InChI is InChI=1S/C7H8N2O2.H2O/c8-5-1-4(7(10)11)2-6(9)3-5;/h1-3H,8-9H2,(H,10,11);1H2. The Labute approximate surface area is 68.9 Å². The fourth-order valence-electron chi connectivity index (χ4n) is 0.800. The summed E-state index contributed by atoms with van der Waals surface area (Å²) in [6, 6.07) is 4.23. The van der Waals surface area contributed by atoms with Crippen LogP contribution in [0.5, 0.6) is 0 Å². The molecule has 0 amide bonds. The average Bonchev–Trinajstić information content (AvgIpc) is 1.85. The molecule has 0 saturated heterocycles. The van der Waals surface area contributed by atoms with Gasteiger partial charge in [0.05, 0.1) is 5.56 Å². The molecule has 0 bridgehead atoms. The molecule has 0 spiro atoms. The van der Waals surface area contributed by atoms with Gasteiger partial charge in [0.25, 0.3) is 0 Å². The Bertz CT molecular complexity index is 278. The minimum Gasteiger partial charge on any atom is -0.478 e. The van der Waals surface area contributed by atoms with Crippen molar-refractivity contribution in [3.8, 4) is 0 Å². The lowest BCUT2D eigenvalue weighted by atomic mass is 10.2. The Kier molecular flexibility index (Phi) is 3.06. The highest BCUT2D eigenvalue weighted by Crippen LogP contribution is 2.12. The zero-order chi connectivity index (χ0) is 8.43. The summed E-state index contributed by atoms with van der Waals surface area (Å²) in [7, 11) is 0. The Hall–Kier alpha value is -1.75. The van der Waals surface area contributed by atoms with E-state index in [1.165, 1.54) is 18.2 Å². The Morgan fingerprint density at radius 3 is 1.92 bits per heavy atom. The van der Waals surface area contributed by atoms with E-state index in [-0.39, 0.29) is 11.0 Å². The van der Waals surface area contributed by atoms with Crippen molar-refractivity contribution in [3.63, 3.8) is 0 Å². The summed E-state index contributed by atoms with van der Waals surface area (Å²) >= 11 is 0. The summed E-state index contributed by atoms with van der Waals surface area (Å²) < 4.78 is 0. The van der Waals surface area contributed by atoms with E-state index in [0.717, 1.165) is 0 Å². The number of hydrogen-bond acceptors (Lipinski definition) is 3. The van der Waals surface area contributed by atoms with E-state index in [0.29, 0.717) is 11.4 Å². The number of carbonyl (C=O) groups is 1. The topological polar surface area (TPSA) is 121 Å². The van der Waals surface area contributed by atoms with Crippen LogP contribution >= 0.6 is 0 Å². The van der Waals surface area contributed by atoms with Crippen LogP contribution < -0.4 is 11.5 Å². The van der Waals surface area contributed by atoms with Gasteiger partial charge in [0.2, 0.25) is 0 Å². The Morgan fingerprint density at radius 1 is 1.17 bits per heavy atom. The fourth-order valence-corrected chi connectivity index (χ4v) is 0.800. The van der Waals surface area contributed by atoms with Gasteiger partial charge < -0.3 is 22.1 Å². The molecule has 0 fully saturated rings. The average molecular weight is 170 g/mol. The number of rotatable bonds is 1. The lowest BCUT2D eigenvalue weighted by molar-refractivity contribution is 0.0697. The first kappa shape index (κ1) is 10.2. The zero-order valence-corrected chi connectivity index (χ0v) is 6.24. The molecule has 66 valence electrons. The molecule has 0 atom stereocenters. The Morgan fingerprint density at radius 2 is 1.58 bits per heavy atom. The minimum atomic E-state index is -1.02. The fraction of sp³-hybridized carbons (Fsp3) is 0. The van der Waals surface area contributed by atoms with Gasteiger partial charge in [0, 0.05) is 11.4 Å². The summed E-state index contributed by atoms with van der Waals surface area (Å²) in [4.78, 5) is 10.4. The van der Waals surface area contributed by atoms with E-state index in [9.17, 15) is 4.79 Å². The highest BCUT2D eigenvalue weighted by atomic mass is 16.4. The quantitative estimate of drug-likeness (QED) is 0.502. The van der Waals surface area contributed by atoms with Crippen LogP contribution in [0.1, 0.15) is 10.4 Å². The molecule has 0 aliphatic carbocycles. The summed E-state index contributed by atoms with van der Waals surface area (Å²) in [5, 5.41) is 8.52. The van der Waals surface area contributed by atoms with E-state index >= 15 is 0 Å². The molecule has 1 aromatic rings. The molecule has 0 saturated carbocycles. The van der Waals surface area contributed by atoms with Crippen LogP contribution in [0.3, 0.4) is 0 Å². The number of carboxylic acid groups (broad SMARTS) is 1. The number of carboxylic acids is 1. The molecule has 0 radical (unpaired) electrons. The van der Waals surface area contributed by atoms with Crippen LogP contribution in [0.15, 0.2) is 18.2 Å². The summed E-state index contributed by atoms with van der Waals surface area (Å²) in [5.74, 6) is -1.02. The predicted molar refractivity (Wildman–Crippen MR) is 45.8 cm³/mol. The van der Waals surface area contributed by atoms with E-state index in [2.05, 4.69) is 0 Å². The van der Waals surface area contributed by atoms with Crippen LogP contribution in [0.25, 0.3) is 0 Å². The van der Waals surface area contributed by atoms with E-state index < -0.39 is 5.97 Å². The molecular formula is C7H10N2O3. The van der Waals surface area contributed by atoms with Gasteiger partial charge >= 0.3 is 5.97 Å². The molecule has 0 heterocycles. The third-order valence-corrected chi connectivity index (χ3v) is 1.22. The third-order valence-electron chi connectivity index (χ3n) is 1.22. The number of anilines is 2. The number of aromatic carboxylic acids is 1. The van der Waals surface area contributed by atoms with Crippen LogP contribution in [-0.4, -0.2) is 16.6 Å². The van der Waals surface area contributed by atoms with Gasteiger partial charge in [0.1, 0.15) is 0 Å². The molecule has 5 nitrogen and oxygen atoms in total. The van der Waals surface area contributed by atoms with Gasteiger partial charge in [-0.3, -0.25) is 0 Å². The molecule has 7 N–H and O–H groups in total. The van der Waals surface area contributed by atoms with Gasteiger partial charge in [0.15, 0.2) is 0 Å². The first-order valence-corrected chi connectivity index (χ1v) is 2.99. The molecule has 0 aromatic heterocycles. The summed E-state index contributed by atoms with van der Waals surface area (Å²) in [6.45, 7) is 0. The van der Waals surface area contributed by atoms with Gasteiger partial charge in [-0.25, -0.2) is 4.79 Å². The van der Waals surface area contributed by atoms with E-state index in [1.807, 2.05) is 0 Å². The van der Waals surface area contributed by atoms with Crippen molar-refractivity contribution >= 4 is 17.3 Å². The predicted octanol–water partition coefficient (Wildman–Crippen LogP) is -0.275. The van der Waals surface area contributed by atoms with Crippen molar-refractivity contribution in [2.45, 2.75) is 0 Å². The first-order valence-electron chi connectivity index (χ1n) is 2.99. The second kappa shape index (κ2) is 3.59. The van der Waals surface area contributed by atoms with Gasteiger partial charge in [-0.2, -0.15) is 0 Å². The maximum atomic E-state index is 10.4. The highest BCUT2D eigenvalue weighted by molar-refractivity contribution is 5.90. The normalized spacial score (nSPS) is 8.67. The van der Waals surface area contributed by atoms with Crippen molar-refractivity contribution in [1.82, 2.24) is 0 Å². The highest BCUT2D eigenvalue weighted by Gasteiger charge is 2.02. The second-order valence-corrected chi connectivity index (χ2v) is 2.19. The molecule has 1 aromatic carbocycles. The van der Waals surface area contributed by atoms with Crippen molar-refractivity contribution < 1.29 is 15.4 Å². The SMILES string of the molecule is Nc1cc(N)cc(C(=O)O)c1.O. The number of benzene rings is 1. The van der Waals surface area contributed by atoms with E-state index in [1.54, 1.807) is 0 Å². The van der Waals surface area contributed by atoms with Crippen LogP contribution in [0.2, 0.25) is 0 Å². The molecule has 0 aliphatic heterocycles. The van der Waals surface area contributed by atoms with Crippen molar-refractivity contribution in [2.75, 3.05) is 11.5 Å². The summed E-state index contributed by atoms with van der Waals surface area (Å²) in [5.41, 5.74) is 11.5. The summed E-state index contributed by atoms with van der Waals surface area (Å²) in [6.07, 6.45) is 0. The number of nitrogen functional groups attached to an aromatic ring is 2. The van der Waals surface area contributed by atoms with Gasteiger partial charge in [-0.1, -0.05) is 0 Å². The third kappa shape index (κ3) is 2.14. The monoisotopic (exact) mass is 170 g/mol. The van der Waals surface area contributed by atoms with Crippen LogP contribution in [0.4, 0.5) is 11.4 Å². The molecule has 1 rings (SSSR count). The van der Waals surface area contributed by atoms with E-state index in [4.69, 9.17) is 16.6 Å². The molecule has 12 heavy (non-hydrogen) atoms. The van der Waals surface area contributed by atoms with Crippen molar-refractivity contribution in [3.05, 3.63) is 23.8 Å². The van der Waals surface area contributed by atoms with Crippen LogP contribution in [0, 0.1) is 0 Å². The lowest BCUT2D eigenvalue weighted by Crippen LogP contribution is -1.99. The smallest absolute Gasteiger partial charge is 0.335 e. The lowest BCUT2D eigenvalue weighted by Gasteiger charge is -1.98. The van der Waals surface area contributed by atoms with Crippen LogP contribution in [-0.2, 0) is 0 Å². The van der Waals surface area contributed by atoms with Gasteiger partial charge in [-0.15, -0.1) is 0 Å². The Balaban J connectivity index is 0.00000121. The number of hydrogen-bond donors (Lipinski definition) is 3. The zero-order valence-electron chi connectivity index (χ0n) is 6.24. The van der Waals surface area contributed by atoms with Crippen molar-refractivity contribution in [2.24, 2.45) is 0 Å². The largest absolute Gasteiger partial charge is 0.478 e. The molecular weight excluding hydrogens is 160 g/mol. The molecule has 0 aliphatic rings. The maximum Gasteiger partial charge on any atom is 0.335 e. The van der Waals surface area contributed by atoms with Crippen molar-refractivity contribution in [1.29, 1.82) is 0 Å². The number of nitrogens with two attached hydrogens (primary N) is 2. The first-order chi connectivity index (χ1) is 5.09. The second-order valence-electron chi connectivity index (χ2n) is 2.19.